The summed E-state index contributed by atoms with van der Waals surface area (Å²) in [5, 5.41) is 11.8. The molecule has 1 aromatic carbocycles. The molecule has 0 fully saturated rings. The van der Waals surface area contributed by atoms with Gasteiger partial charge < -0.3 is 15.2 Å². The van der Waals surface area contributed by atoms with Crippen LogP contribution in [-0.2, 0) is 6.61 Å². The van der Waals surface area contributed by atoms with Gasteiger partial charge in [-0.05, 0) is 56.5 Å². The minimum atomic E-state index is -0.138. The summed E-state index contributed by atoms with van der Waals surface area (Å²) in [5.74, 6) is 0.653. The molecule has 2 N–H and O–H groups in total. The van der Waals surface area contributed by atoms with Crippen molar-refractivity contribution in [3.05, 3.63) is 58.9 Å². The van der Waals surface area contributed by atoms with E-state index in [0.717, 1.165) is 22.4 Å². The van der Waals surface area contributed by atoms with Crippen LogP contribution in [0.2, 0.25) is 0 Å². The molecule has 0 saturated carbocycles. The van der Waals surface area contributed by atoms with Gasteiger partial charge in [0.2, 0.25) is 0 Å². The van der Waals surface area contributed by atoms with E-state index >= 15 is 0 Å². The molecule has 1 atom stereocenters. The maximum absolute atomic E-state index is 12.3. The molecule has 0 aliphatic rings. The third kappa shape index (κ3) is 4.80. The number of nitrogens with one attached hydrogen (secondary N) is 1. The molecule has 5 heteroatoms. The number of amides is 1. The standard InChI is InChI=1S/C19H24N2O3/c1-13-9-17(19(23)21-15(3)6-8-22)10-14(2)18(13)24-12-16-5-4-7-20-11-16/h4-5,7,9-11,15,22H,6,8,12H2,1-3H3,(H,21,23)/t15-/m0/s1. The van der Waals surface area contributed by atoms with Gasteiger partial charge in [-0.15, -0.1) is 0 Å². The van der Waals surface area contributed by atoms with Gasteiger partial charge in [-0.25, -0.2) is 0 Å². The first-order valence-corrected chi connectivity index (χ1v) is 8.06. The molecule has 0 aliphatic heterocycles. The van der Waals surface area contributed by atoms with Crippen LogP contribution in [0.15, 0.2) is 36.7 Å². The molecule has 24 heavy (non-hydrogen) atoms. The summed E-state index contributed by atoms with van der Waals surface area (Å²) in [4.78, 5) is 16.4. The third-order valence-corrected chi connectivity index (χ3v) is 3.77. The first kappa shape index (κ1) is 17.9. The topological polar surface area (TPSA) is 71.5 Å². The van der Waals surface area contributed by atoms with Gasteiger partial charge in [0.15, 0.2) is 0 Å². The van der Waals surface area contributed by atoms with Crippen LogP contribution in [0, 0.1) is 13.8 Å². The zero-order chi connectivity index (χ0) is 17.5. The smallest absolute Gasteiger partial charge is 0.251 e. The molecular weight excluding hydrogens is 304 g/mol. The number of nitrogens with zero attached hydrogens (tertiary/aromatic N) is 1. The van der Waals surface area contributed by atoms with Gasteiger partial charge in [-0.1, -0.05) is 6.07 Å². The fraction of sp³-hybridized carbons (Fsp3) is 0.368. The molecular formula is C19H24N2O3. The lowest BCUT2D eigenvalue weighted by Gasteiger charge is -2.16. The van der Waals surface area contributed by atoms with E-state index in [4.69, 9.17) is 9.84 Å². The largest absolute Gasteiger partial charge is 0.488 e. The second-order valence-corrected chi connectivity index (χ2v) is 5.98. The predicted molar refractivity (Wildman–Crippen MR) is 93.1 cm³/mol. The Bertz CT molecular complexity index is 663. The highest BCUT2D eigenvalue weighted by Crippen LogP contribution is 2.25. The Labute approximate surface area is 142 Å². The van der Waals surface area contributed by atoms with Crippen LogP contribution in [0.3, 0.4) is 0 Å². The van der Waals surface area contributed by atoms with Gasteiger partial charge >= 0.3 is 0 Å². The number of rotatable bonds is 7. The van der Waals surface area contributed by atoms with Gasteiger partial charge in [-0.2, -0.15) is 0 Å². The predicted octanol–water partition coefficient (Wildman–Crippen LogP) is 2.78. The average Bonchev–Trinajstić information content (AvgIpc) is 2.55. The third-order valence-electron chi connectivity index (χ3n) is 3.77. The first-order chi connectivity index (χ1) is 11.5. The van der Waals surface area contributed by atoms with Crippen LogP contribution in [0.1, 0.15) is 40.4 Å². The normalized spacial score (nSPS) is 11.8. The fourth-order valence-corrected chi connectivity index (χ4v) is 2.52. The van der Waals surface area contributed by atoms with E-state index in [1.807, 2.05) is 45.0 Å². The summed E-state index contributed by atoms with van der Waals surface area (Å²) in [6.07, 6.45) is 4.04. The summed E-state index contributed by atoms with van der Waals surface area (Å²) in [6, 6.07) is 7.42. The van der Waals surface area contributed by atoms with Crippen LogP contribution < -0.4 is 10.1 Å². The SMILES string of the molecule is Cc1cc(C(=O)N[C@@H](C)CCO)cc(C)c1OCc1cccnc1. The molecule has 128 valence electrons. The Morgan fingerprint density at radius 3 is 2.62 bits per heavy atom. The van der Waals surface area contributed by atoms with Crippen molar-refractivity contribution >= 4 is 5.91 Å². The van der Waals surface area contributed by atoms with E-state index < -0.39 is 0 Å². The molecule has 5 nitrogen and oxygen atoms in total. The minimum Gasteiger partial charge on any atom is -0.488 e. The number of benzene rings is 1. The van der Waals surface area contributed by atoms with Crippen LogP contribution >= 0.6 is 0 Å². The number of carbonyl (C=O) groups is 1. The van der Waals surface area contributed by atoms with Crippen molar-refractivity contribution in [2.45, 2.75) is 39.8 Å². The summed E-state index contributed by atoms with van der Waals surface area (Å²) >= 11 is 0. The second-order valence-electron chi connectivity index (χ2n) is 5.98. The van der Waals surface area contributed by atoms with E-state index in [0.29, 0.717) is 18.6 Å². The second kappa shape index (κ2) is 8.45. The van der Waals surface area contributed by atoms with Gasteiger partial charge in [-0.3, -0.25) is 9.78 Å². The number of aryl methyl sites for hydroxylation is 2. The molecule has 2 rings (SSSR count). The van der Waals surface area contributed by atoms with E-state index in [-0.39, 0.29) is 18.6 Å². The highest BCUT2D eigenvalue weighted by atomic mass is 16.5. The fourth-order valence-electron chi connectivity index (χ4n) is 2.52. The molecule has 0 saturated heterocycles. The number of hydrogen-bond acceptors (Lipinski definition) is 4. The zero-order valence-corrected chi connectivity index (χ0v) is 14.4. The number of aliphatic hydroxyl groups excluding tert-OH is 1. The number of aliphatic hydroxyl groups is 1. The number of hydrogen-bond donors (Lipinski definition) is 2. The number of pyridine rings is 1. The van der Waals surface area contributed by atoms with Crippen LogP contribution in [0.4, 0.5) is 0 Å². The van der Waals surface area contributed by atoms with Gasteiger partial charge in [0, 0.05) is 36.2 Å². The summed E-state index contributed by atoms with van der Waals surface area (Å²) in [5.41, 5.74) is 3.43. The molecule has 1 aromatic heterocycles. The van der Waals surface area contributed by atoms with Crippen LogP contribution in [-0.4, -0.2) is 28.6 Å². The molecule has 0 unspecified atom stereocenters. The minimum absolute atomic E-state index is 0.0562. The highest BCUT2D eigenvalue weighted by Gasteiger charge is 2.13. The Morgan fingerprint density at radius 1 is 1.33 bits per heavy atom. The number of carbonyl (C=O) groups excluding carboxylic acids is 1. The lowest BCUT2D eigenvalue weighted by molar-refractivity contribution is 0.0934. The van der Waals surface area contributed by atoms with E-state index in [9.17, 15) is 4.79 Å². The highest BCUT2D eigenvalue weighted by molar-refractivity contribution is 5.95. The lowest BCUT2D eigenvalue weighted by atomic mass is 10.0. The van der Waals surface area contributed by atoms with Crippen LogP contribution in [0.25, 0.3) is 0 Å². The summed E-state index contributed by atoms with van der Waals surface area (Å²) < 4.78 is 5.90. The van der Waals surface area contributed by atoms with Crippen molar-refractivity contribution in [1.82, 2.24) is 10.3 Å². The Hall–Kier alpha value is -2.40. The number of aromatic nitrogens is 1. The van der Waals surface area contributed by atoms with Gasteiger partial charge in [0.25, 0.3) is 5.91 Å². The molecule has 1 amide bonds. The Morgan fingerprint density at radius 2 is 2.04 bits per heavy atom. The van der Waals surface area contributed by atoms with Crippen molar-refractivity contribution < 1.29 is 14.6 Å². The van der Waals surface area contributed by atoms with Crippen LogP contribution in [0.5, 0.6) is 5.75 Å². The van der Waals surface area contributed by atoms with Gasteiger partial charge in [0.1, 0.15) is 12.4 Å². The van der Waals surface area contributed by atoms with Crippen molar-refractivity contribution in [2.75, 3.05) is 6.61 Å². The van der Waals surface area contributed by atoms with E-state index in [2.05, 4.69) is 10.3 Å². The lowest BCUT2D eigenvalue weighted by Crippen LogP contribution is -2.33. The maximum atomic E-state index is 12.3. The van der Waals surface area contributed by atoms with E-state index in [1.165, 1.54) is 0 Å². The van der Waals surface area contributed by atoms with Crippen molar-refractivity contribution in [2.24, 2.45) is 0 Å². The van der Waals surface area contributed by atoms with E-state index in [1.54, 1.807) is 12.4 Å². The first-order valence-electron chi connectivity index (χ1n) is 8.06. The average molecular weight is 328 g/mol. The summed E-state index contributed by atoms with van der Waals surface area (Å²) in [7, 11) is 0. The Balaban J connectivity index is 2.09. The van der Waals surface area contributed by atoms with Crippen molar-refractivity contribution in [3.8, 4) is 5.75 Å². The monoisotopic (exact) mass is 328 g/mol. The van der Waals surface area contributed by atoms with Gasteiger partial charge in [0.05, 0.1) is 0 Å². The quantitative estimate of drug-likeness (QED) is 0.820. The molecule has 0 radical (unpaired) electrons. The molecule has 0 aliphatic carbocycles. The molecule has 0 spiro atoms. The summed E-state index contributed by atoms with van der Waals surface area (Å²) in [6.45, 7) is 6.23. The molecule has 0 bridgehead atoms. The van der Waals surface area contributed by atoms with Crippen molar-refractivity contribution in [3.63, 3.8) is 0 Å². The maximum Gasteiger partial charge on any atom is 0.251 e. The Kier molecular flexibility index (Phi) is 6.32. The molecule has 2 aromatic rings. The number of ether oxygens (including phenoxy) is 1. The zero-order valence-electron chi connectivity index (χ0n) is 14.4. The van der Waals surface area contributed by atoms with Crippen molar-refractivity contribution in [1.29, 1.82) is 0 Å². The molecule has 1 heterocycles.